The molecule has 1 aliphatic rings. The van der Waals surface area contributed by atoms with E-state index in [2.05, 4.69) is 4.72 Å². The first-order valence-corrected chi connectivity index (χ1v) is 12.5. The monoisotopic (exact) mass is 492 g/mol. The maximum atomic E-state index is 14.1. The fourth-order valence-electron chi connectivity index (χ4n) is 3.79. The molecule has 0 spiro atoms. The number of ether oxygens (including phenoxy) is 1. The van der Waals surface area contributed by atoms with Gasteiger partial charge in [0.25, 0.3) is 10.0 Å². The van der Waals surface area contributed by atoms with Crippen molar-refractivity contribution in [3.8, 4) is 0 Å². The third kappa shape index (κ3) is 5.14. The Balaban J connectivity index is 1.60. The third-order valence-electron chi connectivity index (χ3n) is 5.46. The number of rotatable bonds is 7. The molecule has 0 amide bonds. The van der Waals surface area contributed by atoms with Crippen LogP contribution >= 0.6 is 11.3 Å². The molecular formula is C23H22F2N2O4S2. The van der Waals surface area contributed by atoms with Gasteiger partial charge in [0.2, 0.25) is 0 Å². The number of esters is 1. The Morgan fingerprint density at radius 1 is 1.18 bits per heavy atom. The Labute approximate surface area is 194 Å². The molecule has 0 bridgehead atoms. The molecule has 33 heavy (non-hydrogen) atoms. The van der Waals surface area contributed by atoms with Gasteiger partial charge >= 0.3 is 5.97 Å². The molecular weight excluding hydrogens is 470 g/mol. The number of hydrogen-bond donors (Lipinski definition) is 1. The largest absolute Gasteiger partial charge is 0.465 e. The molecule has 6 nitrogen and oxygen atoms in total. The Bertz CT molecular complexity index is 1280. The molecule has 0 unspecified atom stereocenters. The summed E-state index contributed by atoms with van der Waals surface area (Å²) in [4.78, 5) is 15.2. The highest BCUT2D eigenvalue weighted by Gasteiger charge is 2.34. The molecule has 1 N–H and O–H groups in total. The van der Waals surface area contributed by atoms with E-state index in [9.17, 15) is 22.0 Å². The third-order valence-corrected chi connectivity index (χ3v) is 8.59. The van der Waals surface area contributed by atoms with E-state index in [0.717, 1.165) is 23.0 Å². The Morgan fingerprint density at radius 2 is 1.94 bits per heavy atom. The second-order valence-corrected chi connectivity index (χ2v) is 10.7. The minimum Gasteiger partial charge on any atom is -0.465 e. The summed E-state index contributed by atoms with van der Waals surface area (Å²) in [6.45, 7) is 1.16. The zero-order valence-corrected chi connectivity index (χ0v) is 19.4. The fraction of sp³-hybridized carbons (Fsp3) is 0.261. The zero-order valence-electron chi connectivity index (χ0n) is 17.8. The number of nitrogens with zero attached hydrogens (tertiary/aromatic N) is 1. The van der Waals surface area contributed by atoms with Crippen LogP contribution in [0.4, 0.5) is 8.78 Å². The number of thiophene rings is 1. The summed E-state index contributed by atoms with van der Waals surface area (Å²) in [5.41, 5.74) is 1.84. The zero-order chi connectivity index (χ0) is 23.6. The molecule has 1 aromatic heterocycles. The van der Waals surface area contributed by atoms with Gasteiger partial charge in [-0.3, -0.25) is 4.90 Å². The highest BCUT2D eigenvalue weighted by molar-refractivity contribution is 7.91. The average Bonchev–Trinajstić information content (AvgIpc) is 3.20. The van der Waals surface area contributed by atoms with Gasteiger partial charge in [0.15, 0.2) is 0 Å². The van der Waals surface area contributed by atoms with Crippen LogP contribution in [-0.4, -0.2) is 32.9 Å². The number of halogens is 2. The lowest BCUT2D eigenvalue weighted by atomic mass is 10.0. The van der Waals surface area contributed by atoms with Crippen molar-refractivity contribution < 1.29 is 26.7 Å². The van der Waals surface area contributed by atoms with Gasteiger partial charge in [0.1, 0.15) is 15.8 Å². The van der Waals surface area contributed by atoms with Crippen molar-refractivity contribution in [1.82, 2.24) is 9.62 Å². The molecule has 0 saturated heterocycles. The lowest BCUT2D eigenvalue weighted by Gasteiger charge is -2.27. The predicted octanol–water partition coefficient (Wildman–Crippen LogP) is 3.85. The molecule has 3 aromatic rings. The van der Waals surface area contributed by atoms with Crippen molar-refractivity contribution in [1.29, 1.82) is 0 Å². The number of nitrogens with one attached hydrogen (secondary N) is 1. The van der Waals surface area contributed by atoms with E-state index in [1.54, 1.807) is 12.1 Å². The first-order chi connectivity index (χ1) is 15.8. The molecule has 1 aliphatic heterocycles. The van der Waals surface area contributed by atoms with E-state index in [0.29, 0.717) is 35.5 Å². The van der Waals surface area contributed by atoms with Gasteiger partial charge in [-0.15, -0.1) is 11.3 Å². The first-order valence-electron chi connectivity index (χ1n) is 10.2. The SMILES string of the molecule is COC(=O)c1c(S(=O)(=O)NCc2ccccc2)sc2c1CCN(Cc1ccc(F)cc1F)C2. The van der Waals surface area contributed by atoms with E-state index in [1.165, 1.54) is 19.2 Å². The predicted molar refractivity (Wildman–Crippen MR) is 120 cm³/mol. The van der Waals surface area contributed by atoms with E-state index >= 15 is 0 Å². The van der Waals surface area contributed by atoms with Gasteiger partial charge in [-0.1, -0.05) is 36.4 Å². The van der Waals surface area contributed by atoms with Gasteiger partial charge in [0, 0.05) is 42.7 Å². The minimum atomic E-state index is -3.98. The lowest BCUT2D eigenvalue weighted by Crippen LogP contribution is -2.30. The Hall–Kier alpha value is -2.66. The second kappa shape index (κ2) is 9.68. The molecule has 0 aliphatic carbocycles. The molecule has 0 saturated carbocycles. The van der Waals surface area contributed by atoms with E-state index in [4.69, 9.17) is 4.74 Å². The van der Waals surface area contributed by atoms with E-state index < -0.39 is 27.6 Å². The van der Waals surface area contributed by atoms with Crippen molar-refractivity contribution in [2.75, 3.05) is 13.7 Å². The van der Waals surface area contributed by atoms with Gasteiger partial charge in [-0.05, 0) is 23.6 Å². The quantitative estimate of drug-likeness (QED) is 0.507. The molecule has 174 valence electrons. The van der Waals surface area contributed by atoms with Crippen molar-refractivity contribution in [2.24, 2.45) is 0 Å². The summed E-state index contributed by atoms with van der Waals surface area (Å²) in [7, 11) is -2.76. The van der Waals surface area contributed by atoms with Gasteiger partial charge in [-0.2, -0.15) is 0 Å². The summed E-state index contributed by atoms with van der Waals surface area (Å²) in [6, 6.07) is 12.5. The maximum absolute atomic E-state index is 14.1. The normalized spacial score (nSPS) is 14.2. The van der Waals surface area contributed by atoms with Crippen LogP contribution in [0.1, 0.15) is 31.9 Å². The second-order valence-electron chi connectivity index (χ2n) is 7.66. The number of carbonyl (C=O) groups excluding carboxylic acids is 1. The van der Waals surface area contributed by atoms with Crippen molar-refractivity contribution in [2.45, 2.75) is 30.3 Å². The van der Waals surface area contributed by atoms with Crippen LogP contribution in [0.2, 0.25) is 0 Å². The number of fused-ring (bicyclic) bond motifs is 1. The minimum absolute atomic E-state index is 0.0608. The van der Waals surface area contributed by atoms with Crippen LogP contribution in [0.15, 0.2) is 52.7 Å². The number of hydrogen-bond acceptors (Lipinski definition) is 6. The molecule has 0 radical (unpaired) electrons. The summed E-state index contributed by atoms with van der Waals surface area (Å²) in [5.74, 6) is -1.97. The van der Waals surface area contributed by atoms with Gasteiger partial charge in [0.05, 0.1) is 12.7 Å². The summed E-state index contributed by atoms with van der Waals surface area (Å²) in [5, 5.41) is 0. The maximum Gasteiger partial charge on any atom is 0.340 e. The highest BCUT2D eigenvalue weighted by atomic mass is 32.2. The number of methoxy groups -OCH3 is 1. The molecule has 0 fully saturated rings. The molecule has 4 rings (SSSR count). The Morgan fingerprint density at radius 3 is 2.64 bits per heavy atom. The van der Waals surface area contributed by atoms with E-state index in [1.807, 2.05) is 23.1 Å². The van der Waals surface area contributed by atoms with Gasteiger partial charge in [-0.25, -0.2) is 26.7 Å². The van der Waals surface area contributed by atoms with Crippen LogP contribution in [0.5, 0.6) is 0 Å². The average molecular weight is 493 g/mol. The number of sulfonamides is 1. The standard InChI is InChI=1S/C23H22F2N2O4S2/c1-31-22(28)21-18-9-10-27(13-16-7-8-17(24)11-19(16)25)14-20(18)32-23(21)33(29,30)26-12-15-5-3-2-4-6-15/h2-8,11,26H,9-10,12-14H2,1H3. The summed E-state index contributed by atoms with van der Waals surface area (Å²) < 4.78 is 60.9. The van der Waals surface area contributed by atoms with Crippen molar-refractivity contribution in [3.05, 3.63) is 87.3 Å². The van der Waals surface area contributed by atoms with Crippen LogP contribution in [-0.2, 0) is 40.8 Å². The number of benzene rings is 2. The molecule has 10 heteroatoms. The van der Waals surface area contributed by atoms with Gasteiger partial charge < -0.3 is 4.74 Å². The Kier molecular flexibility index (Phi) is 6.89. The lowest BCUT2D eigenvalue weighted by molar-refractivity contribution is 0.0595. The summed E-state index contributed by atoms with van der Waals surface area (Å²) in [6.07, 6.45) is 0.410. The molecule has 2 aromatic carbocycles. The van der Waals surface area contributed by atoms with Crippen LogP contribution in [0.3, 0.4) is 0 Å². The molecule has 0 atom stereocenters. The summed E-state index contributed by atoms with van der Waals surface area (Å²) >= 11 is 1.02. The van der Waals surface area contributed by atoms with Crippen LogP contribution in [0.25, 0.3) is 0 Å². The molecule has 2 heterocycles. The van der Waals surface area contributed by atoms with Crippen molar-refractivity contribution in [3.63, 3.8) is 0 Å². The van der Waals surface area contributed by atoms with Crippen LogP contribution < -0.4 is 4.72 Å². The van der Waals surface area contributed by atoms with E-state index in [-0.39, 0.29) is 22.9 Å². The highest BCUT2D eigenvalue weighted by Crippen LogP contribution is 2.37. The van der Waals surface area contributed by atoms with Crippen LogP contribution in [0, 0.1) is 11.6 Å². The van der Waals surface area contributed by atoms with Crippen molar-refractivity contribution >= 4 is 27.3 Å². The number of carbonyl (C=O) groups is 1. The first kappa shape index (κ1) is 23.5. The topological polar surface area (TPSA) is 75.7 Å². The fourth-order valence-corrected chi connectivity index (χ4v) is 6.78. The smallest absolute Gasteiger partial charge is 0.340 e.